The van der Waals surface area contributed by atoms with Crippen molar-refractivity contribution in [1.82, 2.24) is 10.2 Å². The molecular formula is C12H23ClN2O2. The Morgan fingerprint density at radius 2 is 2.12 bits per heavy atom. The Balaban J connectivity index is 0.00000144. The summed E-state index contributed by atoms with van der Waals surface area (Å²) in [6.45, 7) is 10.2. The molecule has 17 heavy (non-hydrogen) atoms. The number of carbonyl (C=O) groups excluding carboxylic acids is 1. The van der Waals surface area contributed by atoms with E-state index in [1.807, 2.05) is 18.7 Å². The molecule has 2 saturated heterocycles. The third-order valence-electron chi connectivity index (χ3n) is 3.65. The molecule has 1 N–H and O–H groups in total. The van der Waals surface area contributed by atoms with Crippen LogP contribution in [0.25, 0.3) is 0 Å². The zero-order valence-corrected chi connectivity index (χ0v) is 11.7. The van der Waals surface area contributed by atoms with E-state index < -0.39 is 0 Å². The number of hydrogen-bond donors (Lipinski definition) is 1. The number of nitrogens with one attached hydrogen (secondary N) is 1. The Morgan fingerprint density at radius 1 is 1.47 bits per heavy atom. The molecule has 0 spiro atoms. The van der Waals surface area contributed by atoms with Crippen LogP contribution in [0, 0.1) is 11.8 Å². The zero-order valence-electron chi connectivity index (χ0n) is 10.9. The van der Waals surface area contributed by atoms with Crippen molar-refractivity contribution < 1.29 is 9.53 Å². The van der Waals surface area contributed by atoms with Crippen molar-refractivity contribution in [2.75, 3.05) is 32.8 Å². The number of rotatable bonds is 2. The van der Waals surface area contributed by atoms with Gasteiger partial charge in [0.05, 0.1) is 12.2 Å². The standard InChI is InChI=1S/C12H22N2O2.ClH/c1-9(10-6-13-7-10)11(15)14-4-5-16-12(2,3)8-14;/h9-10,13H,4-8H2,1-3H3;1H. The number of nitrogens with zero attached hydrogens (tertiary/aromatic N) is 1. The third-order valence-corrected chi connectivity index (χ3v) is 3.65. The molecule has 0 bridgehead atoms. The van der Waals surface area contributed by atoms with Crippen LogP contribution in [0.2, 0.25) is 0 Å². The average Bonchev–Trinajstić information content (AvgIpc) is 2.12. The Labute approximate surface area is 109 Å². The van der Waals surface area contributed by atoms with Gasteiger partial charge in [0.15, 0.2) is 0 Å². The van der Waals surface area contributed by atoms with Gasteiger partial charge < -0.3 is 15.0 Å². The lowest BCUT2D eigenvalue weighted by molar-refractivity contribution is -0.151. The lowest BCUT2D eigenvalue weighted by Crippen LogP contribution is -2.55. The quantitative estimate of drug-likeness (QED) is 0.804. The molecule has 0 aliphatic carbocycles. The van der Waals surface area contributed by atoms with Crippen molar-refractivity contribution in [3.63, 3.8) is 0 Å². The largest absolute Gasteiger partial charge is 0.372 e. The second-order valence-electron chi connectivity index (χ2n) is 5.57. The summed E-state index contributed by atoms with van der Waals surface area (Å²) in [6, 6.07) is 0. The normalized spacial score (nSPS) is 25.7. The molecule has 0 aromatic heterocycles. The minimum atomic E-state index is -0.189. The number of ether oxygens (including phenoxy) is 1. The first kappa shape index (κ1) is 14.7. The molecule has 0 radical (unpaired) electrons. The lowest BCUT2D eigenvalue weighted by atomic mass is 9.87. The summed E-state index contributed by atoms with van der Waals surface area (Å²) in [5.74, 6) is 0.969. The smallest absolute Gasteiger partial charge is 0.225 e. The maximum Gasteiger partial charge on any atom is 0.225 e. The van der Waals surface area contributed by atoms with Crippen LogP contribution >= 0.6 is 12.4 Å². The lowest BCUT2D eigenvalue weighted by Gasteiger charge is -2.41. The van der Waals surface area contributed by atoms with Gasteiger partial charge in [0, 0.05) is 19.0 Å². The van der Waals surface area contributed by atoms with E-state index in [1.54, 1.807) is 0 Å². The SMILES string of the molecule is CC(C(=O)N1CCOC(C)(C)C1)C1CNC1.Cl. The molecule has 1 atom stereocenters. The molecule has 4 nitrogen and oxygen atoms in total. The van der Waals surface area contributed by atoms with E-state index in [2.05, 4.69) is 12.2 Å². The minimum absolute atomic E-state index is 0. The molecule has 2 aliphatic heterocycles. The first-order valence-electron chi connectivity index (χ1n) is 6.13. The third kappa shape index (κ3) is 3.33. The molecule has 5 heteroatoms. The minimum Gasteiger partial charge on any atom is -0.372 e. The second kappa shape index (κ2) is 5.55. The maximum atomic E-state index is 12.3. The van der Waals surface area contributed by atoms with Gasteiger partial charge in [0.1, 0.15) is 0 Å². The van der Waals surface area contributed by atoms with E-state index in [4.69, 9.17) is 4.74 Å². The highest BCUT2D eigenvalue weighted by Crippen LogP contribution is 2.22. The van der Waals surface area contributed by atoms with Crippen molar-refractivity contribution in [2.45, 2.75) is 26.4 Å². The summed E-state index contributed by atoms with van der Waals surface area (Å²) in [6.07, 6.45) is 0. The van der Waals surface area contributed by atoms with E-state index in [0.29, 0.717) is 18.4 Å². The number of amides is 1. The first-order chi connectivity index (χ1) is 7.49. The molecule has 0 aromatic carbocycles. The van der Waals surface area contributed by atoms with Crippen LogP contribution in [0.3, 0.4) is 0 Å². The topological polar surface area (TPSA) is 41.6 Å². The fraction of sp³-hybridized carbons (Fsp3) is 0.917. The summed E-state index contributed by atoms with van der Waals surface area (Å²) in [5, 5.41) is 3.22. The highest BCUT2D eigenvalue weighted by atomic mass is 35.5. The molecular weight excluding hydrogens is 240 g/mol. The first-order valence-corrected chi connectivity index (χ1v) is 6.13. The van der Waals surface area contributed by atoms with Gasteiger partial charge >= 0.3 is 0 Å². The Morgan fingerprint density at radius 3 is 2.59 bits per heavy atom. The molecule has 2 aliphatic rings. The van der Waals surface area contributed by atoms with Gasteiger partial charge in [-0.3, -0.25) is 4.79 Å². The predicted molar refractivity (Wildman–Crippen MR) is 69.4 cm³/mol. The van der Waals surface area contributed by atoms with Crippen molar-refractivity contribution in [3.05, 3.63) is 0 Å². The fourth-order valence-electron chi connectivity index (χ4n) is 2.36. The van der Waals surface area contributed by atoms with Gasteiger partial charge in [-0.05, 0) is 32.9 Å². The van der Waals surface area contributed by atoms with Crippen molar-refractivity contribution in [1.29, 1.82) is 0 Å². The van der Waals surface area contributed by atoms with Gasteiger partial charge in [-0.15, -0.1) is 12.4 Å². The van der Waals surface area contributed by atoms with Crippen LogP contribution in [0.1, 0.15) is 20.8 Å². The van der Waals surface area contributed by atoms with Gasteiger partial charge in [0.25, 0.3) is 0 Å². The monoisotopic (exact) mass is 262 g/mol. The predicted octanol–water partition coefficient (Wildman–Crippen LogP) is 0.901. The molecule has 1 unspecified atom stereocenters. The highest BCUT2D eigenvalue weighted by Gasteiger charge is 2.35. The number of halogens is 1. The molecule has 2 fully saturated rings. The second-order valence-corrected chi connectivity index (χ2v) is 5.57. The number of carbonyl (C=O) groups is 1. The van der Waals surface area contributed by atoms with Gasteiger partial charge in [0.2, 0.25) is 5.91 Å². The average molecular weight is 263 g/mol. The molecule has 2 rings (SSSR count). The molecule has 0 saturated carbocycles. The van der Waals surface area contributed by atoms with Crippen LogP contribution in [-0.2, 0) is 9.53 Å². The van der Waals surface area contributed by atoms with Crippen molar-refractivity contribution >= 4 is 18.3 Å². The van der Waals surface area contributed by atoms with Crippen LogP contribution < -0.4 is 5.32 Å². The van der Waals surface area contributed by atoms with Crippen molar-refractivity contribution in [2.24, 2.45) is 11.8 Å². The van der Waals surface area contributed by atoms with Crippen molar-refractivity contribution in [3.8, 4) is 0 Å². The summed E-state index contributed by atoms with van der Waals surface area (Å²) in [5.41, 5.74) is -0.189. The Bertz CT molecular complexity index is 280. The van der Waals surface area contributed by atoms with Gasteiger partial charge in [-0.2, -0.15) is 0 Å². The molecule has 0 aromatic rings. The van der Waals surface area contributed by atoms with E-state index >= 15 is 0 Å². The Kier molecular flexibility index (Phi) is 4.81. The summed E-state index contributed by atoms with van der Waals surface area (Å²) >= 11 is 0. The van der Waals surface area contributed by atoms with E-state index in [-0.39, 0.29) is 23.9 Å². The Hall–Kier alpha value is -0.320. The molecule has 2 heterocycles. The van der Waals surface area contributed by atoms with Crippen LogP contribution in [0.5, 0.6) is 0 Å². The summed E-state index contributed by atoms with van der Waals surface area (Å²) in [4.78, 5) is 14.2. The zero-order chi connectivity index (χ0) is 11.8. The number of morpholine rings is 1. The van der Waals surface area contributed by atoms with Crippen LogP contribution in [0.4, 0.5) is 0 Å². The van der Waals surface area contributed by atoms with Crippen LogP contribution in [-0.4, -0.2) is 49.2 Å². The van der Waals surface area contributed by atoms with E-state index in [0.717, 1.165) is 26.2 Å². The highest BCUT2D eigenvalue weighted by molar-refractivity contribution is 5.85. The van der Waals surface area contributed by atoms with Crippen LogP contribution in [0.15, 0.2) is 0 Å². The van der Waals surface area contributed by atoms with Gasteiger partial charge in [-0.1, -0.05) is 6.92 Å². The molecule has 100 valence electrons. The fourth-order valence-corrected chi connectivity index (χ4v) is 2.36. The van der Waals surface area contributed by atoms with E-state index in [1.165, 1.54) is 0 Å². The van der Waals surface area contributed by atoms with Gasteiger partial charge in [-0.25, -0.2) is 0 Å². The number of hydrogen-bond acceptors (Lipinski definition) is 3. The molecule has 1 amide bonds. The maximum absolute atomic E-state index is 12.3. The summed E-state index contributed by atoms with van der Waals surface area (Å²) < 4.78 is 5.62. The van der Waals surface area contributed by atoms with E-state index in [9.17, 15) is 4.79 Å². The summed E-state index contributed by atoms with van der Waals surface area (Å²) in [7, 11) is 0.